The van der Waals surface area contributed by atoms with Gasteiger partial charge < -0.3 is 9.64 Å². The minimum Gasteiger partial charge on any atom is -0.451 e. The van der Waals surface area contributed by atoms with Crippen molar-refractivity contribution in [2.75, 3.05) is 18.0 Å². The molecule has 31 heavy (non-hydrogen) atoms. The molecule has 2 aromatic carbocycles. The fraction of sp³-hybridized carbons (Fsp3) is 0.238. The monoisotopic (exact) mass is 423 g/mol. The summed E-state index contributed by atoms with van der Waals surface area (Å²) in [6.07, 6.45) is -0.445. The number of rotatable bonds is 5. The summed E-state index contributed by atoms with van der Waals surface area (Å²) >= 11 is 0. The molecule has 0 saturated heterocycles. The highest BCUT2D eigenvalue weighted by atomic mass is 16.6. The summed E-state index contributed by atoms with van der Waals surface area (Å²) in [5.41, 5.74) is 0.751. The third-order valence-electron chi connectivity index (χ3n) is 5.27. The minimum absolute atomic E-state index is 0.148. The Morgan fingerprint density at radius 3 is 2.61 bits per heavy atom. The summed E-state index contributed by atoms with van der Waals surface area (Å²) in [6, 6.07) is 11.1. The van der Waals surface area contributed by atoms with Crippen molar-refractivity contribution in [3.63, 3.8) is 0 Å². The number of carbonyl (C=O) groups is 4. The number of ether oxygens (including phenoxy) is 1. The molecule has 2 aliphatic rings. The van der Waals surface area contributed by atoms with E-state index in [0.29, 0.717) is 17.9 Å². The number of carbonyl (C=O) groups excluding carboxylic acids is 4. The first-order valence-corrected chi connectivity index (χ1v) is 9.52. The molecule has 0 aromatic heterocycles. The van der Waals surface area contributed by atoms with Crippen LogP contribution in [-0.2, 0) is 20.7 Å². The number of nitrogens with zero attached hydrogens (tertiary/aromatic N) is 3. The van der Waals surface area contributed by atoms with Crippen molar-refractivity contribution in [1.82, 2.24) is 4.90 Å². The van der Waals surface area contributed by atoms with Crippen molar-refractivity contribution in [2.45, 2.75) is 19.4 Å². The van der Waals surface area contributed by atoms with Crippen LogP contribution >= 0.6 is 0 Å². The molecule has 10 nitrogen and oxygen atoms in total. The second-order valence-corrected chi connectivity index (χ2v) is 7.15. The first kappa shape index (κ1) is 20.2. The lowest BCUT2D eigenvalue weighted by Gasteiger charge is -2.22. The molecule has 0 radical (unpaired) electrons. The number of benzene rings is 2. The van der Waals surface area contributed by atoms with E-state index in [-0.39, 0.29) is 11.1 Å². The third-order valence-corrected chi connectivity index (χ3v) is 5.27. The molecule has 158 valence electrons. The minimum atomic E-state index is -1.14. The van der Waals surface area contributed by atoms with Crippen molar-refractivity contribution in [3.8, 4) is 0 Å². The van der Waals surface area contributed by atoms with Crippen LogP contribution in [0.3, 0.4) is 0 Å². The number of hydrogen-bond acceptors (Lipinski definition) is 7. The van der Waals surface area contributed by atoms with Gasteiger partial charge in [0, 0.05) is 18.3 Å². The van der Waals surface area contributed by atoms with Gasteiger partial charge in [0.25, 0.3) is 23.4 Å². The fourth-order valence-corrected chi connectivity index (χ4v) is 3.81. The quantitative estimate of drug-likeness (QED) is 0.310. The van der Waals surface area contributed by atoms with Crippen LogP contribution in [0.4, 0.5) is 11.4 Å². The van der Waals surface area contributed by atoms with Gasteiger partial charge in [0.15, 0.2) is 6.10 Å². The number of esters is 1. The van der Waals surface area contributed by atoms with Gasteiger partial charge in [0.2, 0.25) is 0 Å². The molecule has 0 saturated carbocycles. The number of imide groups is 1. The van der Waals surface area contributed by atoms with Crippen LogP contribution < -0.4 is 4.90 Å². The molecule has 2 aromatic rings. The molecule has 0 bridgehead atoms. The first-order chi connectivity index (χ1) is 14.8. The lowest BCUT2D eigenvalue weighted by molar-refractivity contribution is -0.385. The standard InChI is InChI=1S/C21H17N3O7/c1-12(19(26)22-10-9-13-5-2-3-7-15(13)22)31-17(25)11-23-20(27)14-6-4-8-16(24(29)30)18(14)21(23)28/h2-8,12H,9-11H2,1H3/t12-/m1/s1. The van der Waals surface area contributed by atoms with Crippen LogP contribution in [-0.4, -0.2) is 52.7 Å². The van der Waals surface area contributed by atoms with E-state index in [4.69, 9.17) is 4.74 Å². The van der Waals surface area contributed by atoms with Gasteiger partial charge >= 0.3 is 5.97 Å². The number of fused-ring (bicyclic) bond motifs is 2. The number of anilines is 1. The number of nitro groups is 1. The highest BCUT2D eigenvalue weighted by Crippen LogP contribution is 2.31. The number of para-hydroxylation sites is 1. The molecule has 0 spiro atoms. The predicted molar refractivity (Wildman–Crippen MR) is 107 cm³/mol. The Hall–Kier alpha value is -4.08. The van der Waals surface area contributed by atoms with Gasteiger partial charge in [-0.3, -0.25) is 34.2 Å². The summed E-state index contributed by atoms with van der Waals surface area (Å²) in [5, 5.41) is 11.2. The predicted octanol–water partition coefficient (Wildman–Crippen LogP) is 1.71. The van der Waals surface area contributed by atoms with Crippen molar-refractivity contribution >= 4 is 35.1 Å². The van der Waals surface area contributed by atoms with Crippen LogP contribution in [0.5, 0.6) is 0 Å². The zero-order chi connectivity index (χ0) is 22.3. The van der Waals surface area contributed by atoms with E-state index in [0.717, 1.165) is 17.3 Å². The van der Waals surface area contributed by atoms with E-state index in [1.54, 1.807) is 6.07 Å². The van der Waals surface area contributed by atoms with E-state index >= 15 is 0 Å². The van der Waals surface area contributed by atoms with Gasteiger partial charge in [-0.25, -0.2) is 0 Å². The second-order valence-electron chi connectivity index (χ2n) is 7.15. The van der Waals surface area contributed by atoms with Crippen molar-refractivity contribution in [3.05, 3.63) is 69.3 Å². The first-order valence-electron chi connectivity index (χ1n) is 9.52. The van der Waals surface area contributed by atoms with Gasteiger partial charge in [-0.1, -0.05) is 24.3 Å². The molecular weight excluding hydrogens is 406 g/mol. The third kappa shape index (κ3) is 3.41. The Balaban J connectivity index is 1.44. The summed E-state index contributed by atoms with van der Waals surface area (Å²) < 4.78 is 5.16. The van der Waals surface area contributed by atoms with Gasteiger partial charge in [-0.2, -0.15) is 0 Å². The molecule has 1 atom stereocenters. The average molecular weight is 423 g/mol. The molecule has 0 N–H and O–H groups in total. The topological polar surface area (TPSA) is 127 Å². The maximum absolute atomic E-state index is 12.7. The van der Waals surface area contributed by atoms with E-state index in [1.165, 1.54) is 24.0 Å². The Morgan fingerprint density at radius 1 is 1.13 bits per heavy atom. The lowest BCUT2D eigenvalue weighted by atomic mass is 10.1. The molecule has 2 heterocycles. The Labute approximate surface area is 176 Å². The maximum Gasteiger partial charge on any atom is 0.326 e. The van der Waals surface area contributed by atoms with Crippen LogP contribution in [0.2, 0.25) is 0 Å². The SMILES string of the molecule is C[C@@H](OC(=O)CN1C(=O)c2cccc([N+](=O)[O-])c2C1=O)C(=O)N1CCc2ccccc21. The molecule has 4 rings (SSSR count). The number of hydrogen-bond donors (Lipinski definition) is 0. The van der Waals surface area contributed by atoms with E-state index in [1.807, 2.05) is 18.2 Å². The molecule has 10 heteroatoms. The van der Waals surface area contributed by atoms with Crippen molar-refractivity contribution in [2.24, 2.45) is 0 Å². The summed E-state index contributed by atoms with van der Waals surface area (Å²) in [7, 11) is 0. The molecule has 0 unspecified atom stereocenters. The molecule has 3 amide bonds. The number of amides is 3. The Bertz CT molecular complexity index is 1140. The fourth-order valence-electron chi connectivity index (χ4n) is 3.81. The summed E-state index contributed by atoms with van der Waals surface area (Å²) in [5.74, 6) is -3.16. The highest BCUT2D eigenvalue weighted by molar-refractivity contribution is 6.24. The van der Waals surface area contributed by atoms with E-state index in [9.17, 15) is 29.3 Å². The lowest BCUT2D eigenvalue weighted by Crippen LogP contribution is -2.42. The summed E-state index contributed by atoms with van der Waals surface area (Å²) in [6.45, 7) is 1.12. The normalized spacial score (nSPS) is 15.5. The number of nitro benzene ring substituents is 1. The molecule has 2 aliphatic heterocycles. The van der Waals surface area contributed by atoms with Gasteiger partial charge in [-0.15, -0.1) is 0 Å². The van der Waals surface area contributed by atoms with Crippen molar-refractivity contribution < 1.29 is 28.8 Å². The zero-order valence-corrected chi connectivity index (χ0v) is 16.4. The van der Waals surface area contributed by atoms with Crippen LogP contribution in [0.25, 0.3) is 0 Å². The largest absolute Gasteiger partial charge is 0.451 e. The van der Waals surface area contributed by atoms with E-state index in [2.05, 4.69) is 0 Å². The van der Waals surface area contributed by atoms with Crippen LogP contribution in [0.1, 0.15) is 33.2 Å². The Morgan fingerprint density at radius 2 is 1.87 bits per heavy atom. The summed E-state index contributed by atoms with van der Waals surface area (Å²) in [4.78, 5) is 62.6. The smallest absolute Gasteiger partial charge is 0.326 e. The Kier molecular flexibility index (Phi) is 4.97. The van der Waals surface area contributed by atoms with E-state index < -0.39 is 47.0 Å². The van der Waals surface area contributed by atoms with Crippen molar-refractivity contribution in [1.29, 1.82) is 0 Å². The van der Waals surface area contributed by atoms with Gasteiger partial charge in [0.1, 0.15) is 12.1 Å². The molecule has 0 aliphatic carbocycles. The zero-order valence-electron chi connectivity index (χ0n) is 16.4. The van der Waals surface area contributed by atoms with Gasteiger partial charge in [-0.05, 0) is 31.0 Å². The average Bonchev–Trinajstić information content (AvgIpc) is 3.28. The second kappa shape index (κ2) is 7.63. The van der Waals surface area contributed by atoms with Gasteiger partial charge in [0.05, 0.1) is 10.5 Å². The van der Waals surface area contributed by atoms with Crippen LogP contribution in [0, 0.1) is 10.1 Å². The molecular formula is C21H17N3O7. The highest BCUT2D eigenvalue weighted by Gasteiger charge is 2.42. The maximum atomic E-state index is 12.7. The van der Waals surface area contributed by atoms with Crippen LogP contribution in [0.15, 0.2) is 42.5 Å². The molecule has 0 fully saturated rings.